The van der Waals surface area contributed by atoms with Crippen molar-refractivity contribution in [2.75, 3.05) is 18.0 Å². The Hall–Kier alpha value is -1.75. The molecule has 0 unspecified atom stereocenters. The van der Waals surface area contributed by atoms with Crippen molar-refractivity contribution in [3.63, 3.8) is 0 Å². The molecule has 21 heavy (non-hydrogen) atoms. The molecule has 0 radical (unpaired) electrons. The van der Waals surface area contributed by atoms with Gasteiger partial charge in [-0.2, -0.15) is 0 Å². The fourth-order valence-corrected chi connectivity index (χ4v) is 2.70. The summed E-state index contributed by atoms with van der Waals surface area (Å²) >= 11 is 5.83. The topological polar surface area (TPSA) is 69.6 Å². The molecule has 1 aromatic rings. The van der Waals surface area contributed by atoms with Crippen LogP contribution in [-0.4, -0.2) is 36.1 Å². The summed E-state index contributed by atoms with van der Waals surface area (Å²) in [5, 5.41) is 12.5. The summed E-state index contributed by atoms with van der Waals surface area (Å²) in [7, 11) is 0. The van der Waals surface area contributed by atoms with Crippen LogP contribution in [-0.2, 0) is 9.59 Å². The number of benzene rings is 1. The summed E-state index contributed by atoms with van der Waals surface area (Å²) in [6.07, 6.45) is 4.29. The summed E-state index contributed by atoms with van der Waals surface area (Å²) in [5.74, 6) is -1.11. The molecule has 1 amide bonds. The molecule has 1 aromatic carbocycles. The Kier molecular flexibility index (Phi) is 5.44. The van der Waals surface area contributed by atoms with Crippen molar-refractivity contribution in [1.29, 1.82) is 0 Å². The first-order chi connectivity index (χ1) is 10.0. The van der Waals surface area contributed by atoms with Gasteiger partial charge in [-0.3, -0.25) is 9.59 Å². The lowest BCUT2D eigenvalue weighted by Crippen LogP contribution is -2.43. The summed E-state index contributed by atoms with van der Waals surface area (Å²) in [6.45, 7) is -0.190. The monoisotopic (exact) mass is 310 g/mol. The van der Waals surface area contributed by atoms with Gasteiger partial charge in [0.25, 0.3) is 0 Å². The highest BCUT2D eigenvalue weighted by atomic mass is 35.5. The number of carboxylic acids is 1. The Morgan fingerprint density at radius 3 is 2.38 bits per heavy atom. The van der Waals surface area contributed by atoms with Crippen LogP contribution >= 0.6 is 11.6 Å². The van der Waals surface area contributed by atoms with E-state index < -0.39 is 5.97 Å². The first-order valence-electron chi connectivity index (χ1n) is 7.06. The van der Waals surface area contributed by atoms with Gasteiger partial charge in [0.2, 0.25) is 5.91 Å². The fourth-order valence-electron chi connectivity index (χ4n) is 2.57. The summed E-state index contributed by atoms with van der Waals surface area (Å²) in [5.41, 5.74) is 0.670. The number of carboxylic acid groups (broad SMARTS) is 1. The van der Waals surface area contributed by atoms with Crippen LogP contribution in [0.2, 0.25) is 5.02 Å². The highest BCUT2D eigenvalue weighted by Crippen LogP contribution is 2.19. The van der Waals surface area contributed by atoms with Crippen LogP contribution in [0.25, 0.3) is 0 Å². The van der Waals surface area contributed by atoms with Crippen molar-refractivity contribution in [3.8, 4) is 0 Å². The zero-order chi connectivity index (χ0) is 15.2. The number of aliphatic carboxylic acids is 1. The van der Waals surface area contributed by atoms with Crippen molar-refractivity contribution in [2.24, 2.45) is 0 Å². The molecule has 0 aliphatic heterocycles. The molecule has 1 aliphatic rings. The number of carbonyl (C=O) groups excluding carboxylic acids is 1. The molecular formula is C15H19ClN2O3. The van der Waals surface area contributed by atoms with Crippen molar-refractivity contribution in [3.05, 3.63) is 29.3 Å². The maximum atomic E-state index is 12.1. The van der Waals surface area contributed by atoms with E-state index in [1.54, 1.807) is 24.3 Å². The van der Waals surface area contributed by atoms with Crippen LogP contribution in [0.3, 0.4) is 0 Å². The zero-order valence-electron chi connectivity index (χ0n) is 11.7. The normalized spacial score (nSPS) is 14.9. The molecule has 0 bridgehead atoms. The number of nitrogens with zero attached hydrogens (tertiary/aromatic N) is 1. The van der Waals surface area contributed by atoms with E-state index in [0.717, 1.165) is 25.7 Å². The number of amides is 1. The van der Waals surface area contributed by atoms with Crippen molar-refractivity contribution >= 4 is 29.2 Å². The molecule has 1 saturated carbocycles. The van der Waals surface area contributed by atoms with Gasteiger partial charge in [0.1, 0.15) is 6.54 Å². The predicted octanol–water partition coefficient (Wildman–Crippen LogP) is 2.29. The minimum atomic E-state index is -0.974. The van der Waals surface area contributed by atoms with Gasteiger partial charge in [0.15, 0.2) is 0 Å². The van der Waals surface area contributed by atoms with Gasteiger partial charge in [0.05, 0.1) is 6.54 Å². The second kappa shape index (κ2) is 7.31. The van der Waals surface area contributed by atoms with Crippen LogP contribution in [0, 0.1) is 0 Å². The third kappa shape index (κ3) is 4.93. The van der Waals surface area contributed by atoms with E-state index in [9.17, 15) is 9.59 Å². The first kappa shape index (κ1) is 15.6. The van der Waals surface area contributed by atoms with Gasteiger partial charge in [-0.05, 0) is 37.1 Å². The van der Waals surface area contributed by atoms with Crippen LogP contribution < -0.4 is 10.2 Å². The molecular weight excluding hydrogens is 292 g/mol. The van der Waals surface area contributed by atoms with Gasteiger partial charge in [-0.15, -0.1) is 0 Å². The Bertz CT molecular complexity index is 498. The molecule has 5 nitrogen and oxygen atoms in total. The first-order valence-corrected chi connectivity index (χ1v) is 7.44. The molecule has 1 fully saturated rings. The highest BCUT2D eigenvalue weighted by Gasteiger charge is 2.20. The van der Waals surface area contributed by atoms with Crippen LogP contribution in [0.15, 0.2) is 24.3 Å². The average Bonchev–Trinajstić information content (AvgIpc) is 2.91. The molecule has 0 heterocycles. The standard InChI is InChI=1S/C15H19ClN2O3/c16-11-5-7-13(8-6-11)18(10-15(20)21)9-14(19)17-12-3-1-2-4-12/h5-8,12H,1-4,9-10H2,(H,17,19)(H,20,21). The second-order valence-corrected chi connectivity index (χ2v) is 5.71. The van der Waals surface area contributed by atoms with Gasteiger partial charge in [-0.1, -0.05) is 24.4 Å². The largest absolute Gasteiger partial charge is 0.480 e. The maximum absolute atomic E-state index is 12.1. The number of hydrogen-bond donors (Lipinski definition) is 2. The Morgan fingerprint density at radius 2 is 1.81 bits per heavy atom. The Labute approximate surface area is 128 Å². The molecule has 114 valence electrons. The number of rotatable bonds is 6. The maximum Gasteiger partial charge on any atom is 0.323 e. The van der Waals surface area contributed by atoms with Gasteiger partial charge in [-0.25, -0.2) is 0 Å². The van der Waals surface area contributed by atoms with Gasteiger partial charge < -0.3 is 15.3 Å². The molecule has 2 N–H and O–H groups in total. The van der Waals surface area contributed by atoms with E-state index >= 15 is 0 Å². The smallest absolute Gasteiger partial charge is 0.323 e. The van der Waals surface area contributed by atoms with Gasteiger partial charge in [0, 0.05) is 16.8 Å². The third-order valence-electron chi connectivity index (χ3n) is 3.57. The highest BCUT2D eigenvalue weighted by molar-refractivity contribution is 6.30. The summed E-state index contributed by atoms with van der Waals surface area (Å²) in [6, 6.07) is 7.03. The predicted molar refractivity (Wildman–Crippen MR) is 81.7 cm³/mol. The summed E-state index contributed by atoms with van der Waals surface area (Å²) in [4.78, 5) is 24.6. The molecule has 0 atom stereocenters. The second-order valence-electron chi connectivity index (χ2n) is 5.28. The fraction of sp³-hybridized carbons (Fsp3) is 0.467. The molecule has 1 aliphatic carbocycles. The van der Waals surface area contributed by atoms with Crippen molar-refractivity contribution in [1.82, 2.24) is 5.32 Å². The minimum Gasteiger partial charge on any atom is -0.480 e. The zero-order valence-corrected chi connectivity index (χ0v) is 12.5. The third-order valence-corrected chi connectivity index (χ3v) is 3.82. The van der Waals surface area contributed by atoms with E-state index in [4.69, 9.17) is 16.7 Å². The number of hydrogen-bond acceptors (Lipinski definition) is 3. The van der Waals surface area contributed by atoms with E-state index in [-0.39, 0.29) is 25.0 Å². The van der Waals surface area contributed by atoms with E-state index in [1.165, 1.54) is 4.90 Å². The van der Waals surface area contributed by atoms with E-state index in [1.807, 2.05) is 0 Å². The Morgan fingerprint density at radius 1 is 1.19 bits per heavy atom. The number of halogens is 1. The molecule has 2 rings (SSSR count). The van der Waals surface area contributed by atoms with Crippen molar-refractivity contribution < 1.29 is 14.7 Å². The number of carbonyl (C=O) groups is 2. The van der Waals surface area contributed by atoms with Crippen LogP contribution in [0.4, 0.5) is 5.69 Å². The number of anilines is 1. The molecule has 0 spiro atoms. The quantitative estimate of drug-likeness (QED) is 0.846. The number of nitrogens with one attached hydrogen (secondary N) is 1. The van der Waals surface area contributed by atoms with Crippen molar-refractivity contribution in [2.45, 2.75) is 31.7 Å². The van der Waals surface area contributed by atoms with Crippen LogP contribution in [0.5, 0.6) is 0 Å². The minimum absolute atomic E-state index is 0.0322. The van der Waals surface area contributed by atoms with Gasteiger partial charge >= 0.3 is 5.97 Å². The molecule has 6 heteroatoms. The lowest BCUT2D eigenvalue weighted by Gasteiger charge is -2.23. The van der Waals surface area contributed by atoms with E-state index in [2.05, 4.69) is 5.32 Å². The lowest BCUT2D eigenvalue weighted by molar-refractivity contribution is -0.135. The SMILES string of the molecule is O=C(O)CN(CC(=O)NC1CCCC1)c1ccc(Cl)cc1. The van der Waals surface area contributed by atoms with E-state index in [0.29, 0.717) is 10.7 Å². The summed E-state index contributed by atoms with van der Waals surface area (Å²) < 4.78 is 0. The average molecular weight is 311 g/mol. The Balaban J connectivity index is 1.99. The lowest BCUT2D eigenvalue weighted by atomic mass is 10.2. The van der Waals surface area contributed by atoms with Crippen LogP contribution in [0.1, 0.15) is 25.7 Å². The molecule has 0 aromatic heterocycles. The molecule has 0 saturated heterocycles.